The molecule has 0 unspecified atom stereocenters. The first-order valence-corrected chi connectivity index (χ1v) is 12.0. The molecule has 0 aromatic carbocycles. The van der Waals surface area contributed by atoms with Crippen molar-refractivity contribution in [3.8, 4) is 11.4 Å². The fourth-order valence-corrected chi connectivity index (χ4v) is 6.34. The van der Waals surface area contributed by atoms with E-state index in [1.165, 1.54) is 22.2 Å². The van der Waals surface area contributed by atoms with Gasteiger partial charge in [-0.15, -0.1) is 11.3 Å². The topological polar surface area (TPSA) is 73.8 Å². The second-order valence-corrected chi connectivity index (χ2v) is 9.51. The van der Waals surface area contributed by atoms with Crippen LogP contribution in [-0.2, 0) is 25.1 Å². The summed E-state index contributed by atoms with van der Waals surface area (Å²) >= 11 is 4.76. The summed E-state index contributed by atoms with van der Waals surface area (Å²) in [5.74, 6) is 1.63. The molecule has 1 aliphatic rings. The standard InChI is InChI=1S/C19H18N4O2S3/c1-2-7-23-18(24)15-12-4-3-5-13(12)28-17(15)21-19(23)27-10-14-20-16(22-25-14)11-6-8-26-9-11/h6,8-9H,2-5,7,10H2,1H3. The van der Waals surface area contributed by atoms with Gasteiger partial charge >= 0.3 is 0 Å². The Bertz CT molecular complexity index is 1190. The van der Waals surface area contributed by atoms with E-state index in [4.69, 9.17) is 9.51 Å². The van der Waals surface area contributed by atoms with Gasteiger partial charge in [0.1, 0.15) is 4.83 Å². The number of thiophene rings is 2. The molecule has 0 atom stereocenters. The van der Waals surface area contributed by atoms with Crippen molar-refractivity contribution in [1.29, 1.82) is 0 Å². The number of rotatable bonds is 6. The minimum atomic E-state index is 0.0956. The third-order valence-electron chi connectivity index (χ3n) is 4.81. The van der Waals surface area contributed by atoms with Gasteiger partial charge in [-0.3, -0.25) is 9.36 Å². The maximum Gasteiger partial charge on any atom is 0.263 e. The van der Waals surface area contributed by atoms with Gasteiger partial charge in [-0.25, -0.2) is 4.98 Å². The summed E-state index contributed by atoms with van der Waals surface area (Å²) in [6.07, 6.45) is 4.10. The average molecular weight is 431 g/mol. The van der Waals surface area contributed by atoms with Crippen LogP contribution in [0.25, 0.3) is 21.6 Å². The van der Waals surface area contributed by atoms with Crippen LogP contribution in [0, 0.1) is 0 Å². The Kier molecular flexibility index (Phi) is 4.82. The molecule has 5 rings (SSSR count). The maximum atomic E-state index is 13.2. The molecule has 9 heteroatoms. The molecule has 6 nitrogen and oxygen atoms in total. The van der Waals surface area contributed by atoms with Crippen LogP contribution in [0.1, 0.15) is 36.1 Å². The number of thioether (sulfide) groups is 1. The number of nitrogens with zero attached hydrogens (tertiary/aromatic N) is 4. The number of aromatic nitrogens is 4. The first-order chi connectivity index (χ1) is 13.7. The van der Waals surface area contributed by atoms with E-state index in [0.717, 1.165) is 46.6 Å². The molecule has 0 aliphatic heterocycles. The Labute approximate surface area is 173 Å². The van der Waals surface area contributed by atoms with E-state index in [2.05, 4.69) is 17.1 Å². The predicted molar refractivity (Wildman–Crippen MR) is 113 cm³/mol. The van der Waals surface area contributed by atoms with E-state index in [-0.39, 0.29) is 5.56 Å². The van der Waals surface area contributed by atoms with Gasteiger partial charge in [-0.1, -0.05) is 23.8 Å². The highest BCUT2D eigenvalue weighted by Crippen LogP contribution is 2.36. The van der Waals surface area contributed by atoms with Crippen molar-refractivity contribution in [3.63, 3.8) is 0 Å². The van der Waals surface area contributed by atoms with Crippen molar-refractivity contribution in [3.05, 3.63) is 43.5 Å². The van der Waals surface area contributed by atoms with Gasteiger partial charge in [0.25, 0.3) is 5.56 Å². The lowest BCUT2D eigenvalue weighted by molar-refractivity contribution is 0.391. The van der Waals surface area contributed by atoms with Gasteiger partial charge in [0.05, 0.1) is 11.1 Å². The van der Waals surface area contributed by atoms with Crippen molar-refractivity contribution < 1.29 is 4.52 Å². The summed E-state index contributed by atoms with van der Waals surface area (Å²) in [6, 6.07) is 1.97. The molecule has 1 aliphatic carbocycles. The Morgan fingerprint density at radius 2 is 2.25 bits per heavy atom. The normalized spacial score (nSPS) is 13.5. The van der Waals surface area contributed by atoms with Gasteiger partial charge in [0.15, 0.2) is 5.16 Å². The molecule has 144 valence electrons. The first kappa shape index (κ1) is 18.1. The van der Waals surface area contributed by atoms with Crippen LogP contribution in [0.2, 0.25) is 0 Å². The molecular weight excluding hydrogens is 412 g/mol. The largest absolute Gasteiger partial charge is 0.338 e. The Morgan fingerprint density at radius 3 is 3.07 bits per heavy atom. The van der Waals surface area contributed by atoms with Crippen LogP contribution >= 0.6 is 34.4 Å². The van der Waals surface area contributed by atoms with E-state index in [9.17, 15) is 4.79 Å². The molecular formula is C19H18N4O2S3. The fourth-order valence-electron chi connectivity index (χ4n) is 3.54. The van der Waals surface area contributed by atoms with Gasteiger partial charge in [-0.05, 0) is 42.7 Å². The second-order valence-electron chi connectivity index (χ2n) is 6.70. The summed E-state index contributed by atoms with van der Waals surface area (Å²) < 4.78 is 7.20. The van der Waals surface area contributed by atoms with Gasteiger partial charge in [-0.2, -0.15) is 16.3 Å². The average Bonchev–Trinajstić information content (AvgIpc) is 3.46. The van der Waals surface area contributed by atoms with E-state index in [0.29, 0.717) is 24.0 Å². The number of fused-ring (bicyclic) bond motifs is 3. The van der Waals surface area contributed by atoms with Crippen molar-refractivity contribution in [2.45, 2.75) is 50.1 Å². The van der Waals surface area contributed by atoms with E-state index in [1.807, 2.05) is 21.4 Å². The summed E-state index contributed by atoms with van der Waals surface area (Å²) in [4.78, 5) is 24.7. The van der Waals surface area contributed by atoms with Crippen molar-refractivity contribution >= 4 is 44.7 Å². The molecule has 4 aromatic rings. The van der Waals surface area contributed by atoms with Crippen LogP contribution in [0.15, 0.2) is 31.3 Å². The summed E-state index contributed by atoms with van der Waals surface area (Å²) in [6.45, 7) is 2.74. The molecule has 0 saturated carbocycles. The lowest BCUT2D eigenvalue weighted by Crippen LogP contribution is -2.23. The van der Waals surface area contributed by atoms with E-state index < -0.39 is 0 Å². The lowest BCUT2D eigenvalue weighted by Gasteiger charge is -2.10. The van der Waals surface area contributed by atoms with Crippen LogP contribution in [0.3, 0.4) is 0 Å². The molecule has 0 bridgehead atoms. The maximum absolute atomic E-state index is 13.2. The molecule has 0 spiro atoms. The zero-order chi connectivity index (χ0) is 19.1. The highest BCUT2D eigenvalue weighted by Gasteiger charge is 2.23. The summed E-state index contributed by atoms with van der Waals surface area (Å²) in [7, 11) is 0. The minimum Gasteiger partial charge on any atom is -0.338 e. The Morgan fingerprint density at radius 1 is 1.32 bits per heavy atom. The SMILES string of the molecule is CCCn1c(SCc2nc(-c3ccsc3)no2)nc2sc3c(c2c1=O)CCC3. The highest BCUT2D eigenvalue weighted by atomic mass is 32.2. The molecule has 0 fully saturated rings. The van der Waals surface area contributed by atoms with Crippen LogP contribution in [0.4, 0.5) is 0 Å². The fraction of sp³-hybridized carbons (Fsp3) is 0.368. The molecule has 0 amide bonds. The quantitative estimate of drug-likeness (QED) is 0.324. The van der Waals surface area contributed by atoms with Crippen LogP contribution in [0.5, 0.6) is 0 Å². The molecule has 28 heavy (non-hydrogen) atoms. The molecule has 0 radical (unpaired) electrons. The smallest absolute Gasteiger partial charge is 0.263 e. The number of aryl methyl sites for hydroxylation is 2. The highest BCUT2D eigenvalue weighted by molar-refractivity contribution is 7.98. The van der Waals surface area contributed by atoms with Gasteiger partial charge < -0.3 is 4.52 Å². The molecule has 0 saturated heterocycles. The first-order valence-electron chi connectivity index (χ1n) is 9.27. The van der Waals surface area contributed by atoms with Gasteiger partial charge in [0.2, 0.25) is 11.7 Å². The zero-order valence-corrected chi connectivity index (χ0v) is 17.8. The lowest BCUT2D eigenvalue weighted by atomic mass is 10.2. The third kappa shape index (κ3) is 3.11. The van der Waals surface area contributed by atoms with Crippen LogP contribution in [-0.4, -0.2) is 19.7 Å². The predicted octanol–water partition coefficient (Wildman–Crippen LogP) is 4.76. The third-order valence-corrected chi connectivity index (χ3v) is 7.64. The van der Waals surface area contributed by atoms with Gasteiger partial charge in [0, 0.05) is 22.4 Å². The Balaban J connectivity index is 1.47. The summed E-state index contributed by atoms with van der Waals surface area (Å²) in [5.41, 5.74) is 2.29. The van der Waals surface area contributed by atoms with Crippen molar-refractivity contribution in [2.24, 2.45) is 0 Å². The number of hydrogen-bond donors (Lipinski definition) is 0. The van der Waals surface area contributed by atoms with Crippen molar-refractivity contribution in [1.82, 2.24) is 19.7 Å². The molecule has 4 heterocycles. The zero-order valence-electron chi connectivity index (χ0n) is 15.3. The number of hydrogen-bond acceptors (Lipinski definition) is 8. The van der Waals surface area contributed by atoms with Crippen molar-refractivity contribution in [2.75, 3.05) is 0 Å². The molecule has 4 aromatic heterocycles. The minimum absolute atomic E-state index is 0.0956. The van der Waals surface area contributed by atoms with Crippen LogP contribution < -0.4 is 5.56 Å². The second kappa shape index (κ2) is 7.46. The molecule has 0 N–H and O–H groups in total. The van der Waals surface area contributed by atoms with E-state index >= 15 is 0 Å². The monoisotopic (exact) mass is 430 g/mol. The summed E-state index contributed by atoms with van der Waals surface area (Å²) in [5, 5.41) is 9.60. The Hall–Kier alpha value is -1.97. The van der Waals surface area contributed by atoms with E-state index in [1.54, 1.807) is 22.7 Å².